The molecule has 1 saturated heterocycles. The van der Waals surface area contributed by atoms with Gasteiger partial charge < -0.3 is 21.2 Å². The van der Waals surface area contributed by atoms with E-state index in [-0.39, 0.29) is 23.7 Å². The van der Waals surface area contributed by atoms with Crippen LogP contribution in [0.5, 0.6) is 0 Å². The van der Waals surface area contributed by atoms with E-state index in [0.717, 1.165) is 6.42 Å². The second-order valence-corrected chi connectivity index (χ2v) is 4.88. The first-order valence-electron chi connectivity index (χ1n) is 6.47. The van der Waals surface area contributed by atoms with E-state index in [9.17, 15) is 4.39 Å². The molecule has 0 saturated carbocycles. The smallest absolute Gasteiger partial charge is 0.214 e. The average Bonchev–Trinajstić information content (AvgIpc) is 2.96. The number of guanidine groups is 1. The molecule has 20 heavy (non-hydrogen) atoms. The van der Waals surface area contributed by atoms with Crippen LogP contribution >= 0.6 is 0 Å². The molecular weight excluding hydrogens is 263 g/mol. The molecule has 1 aromatic heterocycles. The Hall–Kier alpha value is -1.96. The molecule has 0 bridgehead atoms. The number of amidine groups is 1. The third kappa shape index (κ3) is 2.64. The van der Waals surface area contributed by atoms with Crippen molar-refractivity contribution in [1.82, 2.24) is 9.97 Å². The molecule has 2 heterocycles. The molecule has 0 amide bonds. The van der Waals surface area contributed by atoms with Crippen molar-refractivity contribution in [3.05, 3.63) is 17.7 Å². The molecule has 8 heteroatoms. The number of nitrogens with one attached hydrogen (secondary N) is 2. The van der Waals surface area contributed by atoms with Gasteiger partial charge in [0.2, 0.25) is 5.96 Å². The number of rotatable bonds is 3. The van der Waals surface area contributed by atoms with Crippen LogP contribution in [0.15, 0.2) is 11.2 Å². The Balaban J connectivity index is 2.19. The molecule has 0 radical (unpaired) electrons. The van der Waals surface area contributed by atoms with Crippen LogP contribution in [0.4, 0.5) is 4.39 Å². The summed E-state index contributed by atoms with van der Waals surface area (Å²) < 4.78 is 19.9. The molecule has 1 aliphatic rings. The lowest BCUT2D eigenvalue weighted by molar-refractivity contribution is 0.0208. The van der Waals surface area contributed by atoms with Crippen molar-refractivity contribution in [3.63, 3.8) is 0 Å². The Kier molecular flexibility index (Phi) is 4.03. The van der Waals surface area contributed by atoms with Gasteiger partial charge in [-0.3, -0.25) is 5.41 Å². The highest BCUT2D eigenvalue weighted by Crippen LogP contribution is 2.39. The van der Waals surface area contributed by atoms with E-state index < -0.39 is 18.2 Å². The van der Waals surface area contributed by atoms with Crippen LogP contribution < -0.4 is 11.5 Å². The fourth-order valence-electron chi connectivity index (χ4n) is 2.37. The van der Waals surface area contributed by atoms with Crippen molar-refractivity contribution in [2.75, 3.05) is 0 Å². The predicted molar refractivity (Wildman–Crippen MR) is 73.2 cm³/mol. The van der Waals surface area contributed by atoms with Gasteiger partial charge in [0.15, 0.2) is 11.7 Å². The number of ether oxygens (including phenoxy) is 1. The molecule has 4 atom stereocenters. The van der Waals surface area contributed by atoms with Crippen molar-refractivity contribution < 1.29 is 9.13 Å². The highest BCUT2D eigenvalue weighted by Gasteiger charge is 2.42. The maximum absolute atomic E-state index is 14.2. The van der Waals surface area contributed by atoms with Crippen LogP contribution in [0.3, 0.4) is 0 Å². The number of H-pyrrole nitrogens is 1. The van der Waals surface area contributed by atoms with Crippen LogP contribution in [-0.2, 0) is 4.74 Å². The molecule has 0 spiro atoms. The summed E-state index contributed by atoms with van der Waals surface area (Å²) >= 11 is 0. The lowest BCUT2D eigenvalue weighted by atomic mass is 9.97. The van der Waals surface area contributed by atoms with Gasteiger partial charge >= 0.3 is 0 Å². The molecule has 7 nitrogen and oxygen atoms in total. The third-order valence-corrected chi connectivity index (χ3v) is 3.49. The molecule has 0 unspecified atom stereocenters. The van der Waals surface area contributed by atoms with E-state index in [1.807, 2.05) is 13.8 Å². The number of aromatic nitrogens is 2. The van der Waals surface area contributed by atoms with E-state index in [4.69, 9.17) is 21.6 Å². The predicted octanol–water partition coefficient (Wildman–Crippen LogP) is 0.833. The topological polar surface area (TPSA) is 126 Å². The zero-order chi connectivity index (χ0) is 14.9. The zero-order valence-corrected chi connectivity index (χ0v) is 11.4. The number of hydrogen-bond donors (Lipinski definition) is 4. The molecule has 6 N–H and O–H groups in total. The maximum Gasteiger partial charge on any atom is 0.214 e. The van der Waals surface area contributed by atoms with Crippen LogP contribution in [0, 0.1) is 11.3 Å². The van der Waals surface area contributed by atoms with Crippen molar-refractivity contribution >= 4 is 11.8 Å². The minimum absolute atomic E-state index is 0.0164. The number of halogens is 1. The summed E-state index contributed by atoms with van der Waals surface area (Å²) in [5.41, 5.74) is 11.3. The summed E-state index contributed by atoms with van der Waals surface area (Å²) in [5.74, 6) is -0.351. The molecule has 1 aromatic rings. The van der Waals surface area contributed by atoms with E-state index in [0.29, 0.717) is 5.69 Å². The second kappa shape index (κ2) is 5.58. The number of hydrogen-bond acceptors (Lipinski definition) is 3. The number of aliphatic imine (C=N–C) groups is 1. The summed E-state index contributed by atoms with van der Waals surface area (Å²) in [6.45, 7) is 3.80. The highest BCUT2D eigenvalue weighted by atomic mass is 19.1. The van der Waals surface area contributed by atoms with Crippen molar-refractivity contribution in [1.29, 1.82) is 5.41 Å². The van der Waals surface area contributed by atoms with Gasteiger partial charge in [-0.2, -0.15) is 4.99 Å². The first-order chi connectivity index (χ1) is 9.43. The van der Waals surface area contributed by atoms with Gasteiger partial charge in [0.05, 0.1) is 18.0 Å². The number of alkyl halides is 1. The summed E-state index contributed by atoms with van der Waals surface area (Å²) in [5, 5.41) is 7.04. The maximum atomic E-state index is 14.2. The van der Waals surface area contributed by atoms with E-state index >= 15 is 0 Å². The van der Waals surface area contributed by atoms with Gasteiger partial charge in [-0.05, 0) is 6.42 Å². The minimum Gasteiger partial charge on any atom is -0.380 e. The number of nitrogens with two attached hydrogens (primary N) is 2. The quantitative estimate of drug-likeness (QED) is 0.484. The van der Waals surface area contributed by atoms with Gasteiger partial charge in [0.1, 0.15) is 12.3 Å². The summed E-state index contributed by atoms with van der Waals surface area (Å²) in [6.07, 6.45) is 0.345. The Bertz CT molecular complexity index is 528. The Labute approximate surface area is 116 Å². The summed E-state index contributed by atoms with van der Waals surface area (Å²) in [7, 11) is 0. The van der Waals surface area contributed by atoms with Crippen LogP contribution in [0.2, 0.25) is 0 Å². The first-order valence-corrected chi connectivity index (χ1v) is 6.47. The molecule has 0 aliphatic carbocycles. The highest BCUT2D eigenvalue weighted by molar-refractivity contribution is 6.01. The summed E-state index contributed by atoms with van der Waals surface area (Å²) in [4.78, 5) is 10.5. The van der Waals surface area contributed by atoms with Crippen LogP contribution in [0.1, 0.15) is 37.9 Å². The molecule has 2 rings (SSSR count). The largest absolute Gasteiger partial charge is 0.380 e. The standard InChI is InChI=1S/C12H19FN6O/c1-3-7-5(2)8(13)9(20-7)6-4-17-11(18-6)10(14)19-12(15)16/h4-5,7-9H,3H2,1-2H3,(H,17,18)(H5,14,15,16,19)/t5-,7-,8-,9+/m1/s1. The molecule has 1 aliphatic heterocycles. The number of nitrogens with zero attached hydrogens (tertiary/aromatic N) is 2. The van der Waals surface area contributed by atoms with Crippen LogP contribution in [-0.4, -0.2) is 34.0 Å². The zero-order valence-electron chi connectivity index (χ0n) is 11.4. The van der Waals surface area contributed by atoms with Crippen LogP contribution in [0.25, 0.3) is 0 Å². The first kappa shape index (κ1) is 14.4. The minimum atomic E-state index is -1.10. The Morgan fingerprint density at radius 2 is 2.30 bits per heavy atom. The Morgan fingerprint density at radius 3 is 2.85 bits per heavy atom. The third-order valence-electron chi connectivity index (χ3n) is 3.49. The van der Waals surface area contributed by atoms with Crippen molar-refractivity contribution in [3.8, 4) is 0 Å². The monoisotopic (exact) mass is 282 g/mol. The van der Waals surface area contributed by atoms with Crippen molar-refractivity contribution in [2.45, 2.75) is 38.6 Å². The van der Waals surface area contributed by atoms with Gasteiger partial charge in [0.25, 0.3) is 0 Å². The van der Waals surface area contributed by atoms with Gasteiger partial charge in [-0.25, -0.2) is 9.37 Å². The van der Waals surface area contributed by atoms with Gasteiger partial charge in [-0.1, -0.05) is 13.8 Å². The number of aromatic amines is 1. The molecule has 110 valence electrons. The fourth-order valence-corrected chi connectivity index (χ4v) is 2.37. The SMILES string of the molecule is CC[C@H]1O[C@@H](c2cnc(C(N)=NC(=N)N)[nH]2)[C@H](F)[C@@H]1C. The van der Waals surface area contributed by atoms with E-state index in [2.05, 4.69) is 15.0 Å². The average molecular weight is 282 g/mol. The summed E-state index contributed by atoms with van der Waals surface area (Å²) in [6, 6.07) is 0. The number of imidazole rings is 1. The fraction of sp³-hybridized carbons (Fsp3) is 0.583. The van der Waals surface area contributed by atoms with Gasteiger partial charge in [-0.15, -0.1) is 0 Å². The normalized spacial score (nSPS) is 30.6. The van der Waals surface area contributed by atoms with Gasteiger partial charge in [0, 0.05) is 5.92 Å². The lowest BCUT2D eigenvalue weighted by Crippen LogP contribution is -2.20. The molecular formula is C12H19FN6O. The van der Waals surface area contributed by atoms with E-state index in [1.54, 1.807) is 0 Å². The lowest BCUT2D eigenvalue weighted by Gasteiger charge is -2.11. The molecule has 1 fully saturated rings. The van der Waals surface area contributed by atoms with Crippen molar-refractivity contribution in [2.24, 2.45) is 22.4 Å². The Morgan fingerprint density at radius 1 is 1.60 bits per heavy atom. The molecule has 0 aromatic carbocycles. The van der Waals surface area contributed by atoms with E-state index in [1.165, 1.54) is 6.20 Å². The second-order valence-electron chi connectivity index (χ2n) is 4.88.